The second-order valence-corrected chi connectivity index (χ2v) is 5.01. The number of aliphatic carboxylic acids is 1. The Hall–Kier alpha value is -2.18. The lowest BCUT2D eigenvalue weighted by Crippen LogP contribution is -2.43. The number of amides is 1. The number of hydrogen-bond acceptors (Lipinski definition) is 4. The molecule has 0 saturated carbocycles. The molecular weight excluding hydrogens is 262 g/mol. The van der Waals surface area contributed by atoms with Gasteiger partial charge >= 0.3 is 5.97 Å². The molecular formula is C13H17N3O4. The van der Waals surface area contributed by atoms with Crippen LogP contribution in [0.3, 0.4) is 0 Å². The predicted octanol–water partition coefficient (Wildman–Crippen LogP) is 0.0863. The number of rotatable bonds is 2. The first-order valence-corrected chi connectivity index (χ1v) is 6.43. The van der Waals surface area contributed by atoms with Gasteiger partial charge in [-0.15, -0.1) is 0 Å². The highest BCUT2D eigenvalue weighted by atomic mass is 16.4. The molecule has 0 aromatic carbocycles. The van der Waals surface area contributed by atoms with Gasteiger partial charge in [-0.1, -0.05) is 0 Å². The highest BCUT2D eigenvalue weighted by molar-refractivity contribution is 5.98. The quantitative estimate of drug-likeness (QED) is 0.828. The van der Waals surface area contributed by atoms with Crippen molar-refractivity contribution in [3.8, 4) is 0 Å². The first-order chi connectivity index (χ1) is 9.34. The van der Waals surface area contributed by atoms with Gasteiger partial charge in [-0.2, -0.15) is 5.10 Å². The van der Waals surface area contributed by atoms with Crippen molar-refractivity contribution < 1.29 is 14.7 Å². The summed E-state index contributed by atoms with van der Waals surface area (Å²) >= 11 is 0. The van der Waals surface area contributed by atoms with Crippen molar-refractivity contribution in [3.05, 3.63) is 27.2 Å². The first-order valence-electron chi connectivity index (χ1n) is 6.43. The van der Waals surface area contributed by atoms with E-state index in [4.69, 9.17) is 5.11 Å². The lowest BCUT2D eigenvalue weighted by molar-refractivity contribution is -0.141. The van der Waals surface area contributed by atoms with Gasteiger partial charge in [-0.3, -0.25) is 9.59 Å². The Morgan fingerprint density at radius 1 is 1.35 bits per heavy atom. The van der Waals surface area contributed by atoms with Crippen LogP contribution in [0.5, 0.6) is 0 Å². The Labute approximate surface area is 115 Å². The lowest BCUT2D eigenvalue weighted by atomic mass is 10.1. The molecule has 1 aliphatic rings. The molecule has 0 bridgehead atoms. The molecule has 1 aromatic rings. The number of likely N-dealkylation sites (tertiary alicyclic amines) is 1. The number of carbonyl (C=O) groups is 2. The third kappa shape index (κ3) is 2.19. The van der Waals surface area contributed by atoms with Crippen LogP contribution in [-0.2, 0) is 11.8 Å². The second kappa shape index (κ2) is 5.07. The van der Waals surface area contributed by atoms with Crippen LogP contribution in [0.1, 0.15) is 34.5 Å². The van der Waals surface area contributed by atoms with Crippen LogP contribution < -0.4 is 5.56 Å². The van der Waals surface area contributed by atoms with Gasteiger partial charge in [0.15, 0.2) is 0 Å². The van der Waals surface area contributed by atoms with Crippen molar-refractivity contribution in [2.45, 2.75) is 32.7 Å². The number of carbonyl (C=O) groups excluding carboxylic acids is 1. The average molecular weight is 279 g/mol. The zero-order chi connectivity index (χ0) is 15.0. The van der Waals surface area contributed by atoms with E-state index in [0.717, 1.165) is 4.68 Å². The van der Waals surface area contributed by atoms with Crippen LogP contribution in [-0.4, -0.2) is 44.3 Å². The highest BCUT2D eigenvalue weighted by Crippen LogP contribution is 2.20. The molecule has 0 spiro atoms. The zero-order valence-corrected chi connectivity index (χ0v) is 11.7. The summed E-state index contributed by atoms with van der Waals surface area (Å²) in [5.41, 5.74) is 0.623. The fourth-order valence-corrected chi connectivity index (χ4v) is 2.51. The van der Waals surface area contributed by atoms with Gasteiger partial charge < -0.3 is 10.0 Å². The standard InChI is InChI=1S/C13H17N3O4/c1-7-8(2)14-15(3)11(17)10(7)12(18)16-6-4-5-9(16)13(19)20/h9H,4-6H2,1-3H3,(H,19,20)/t9-/m1/s1. The SMILES string of the molecule is Cc1nn(C)c(=O)c(C(=O)N2CCC[C@@H]2C(=O)O)c1C. The number of aryl methyl sites for hydroxylation is 2. The zero-order valence-electron chi connectivity index (χ0n) is 11.7. The smallest absolute Gasteiger partial charge is 0.326 e. The molecule has 0 radical (unpaired) electrons. The van der Waals surface area contributed by atoms with Gasteiger partial charge in [-0.05, 0) is 32.3 Å². The molecule has 20 heavy (non-hydrogen) atoms. The molecule has 1 aliphatic heterocycles. The van der Waals surface area contributed by atoms with Crippen molar-refractivity contribution in [1.82, 2.24) is 14.7 Å². The maximum atomic E-state index is 12.5. The van der Waals surface area contributed by atoms with Gasteiger partial charge in [0, 0.05) is 13.6 Å². The number of nitrogens with zero attached hydrogens (tertiary/aromatic N) is 3. The van der Waals surface area contributed by atoms with Crippen LogP contribution >= 0.6 is 0 Å². The molecule has 0 unspecified atom stereocenters. The minimum absolute atomic E-state index is 0.0214. The van der Waals surface area contributed by atoms with Crippen LogP contribution in [0.25, 0.3) is 0 Å². The highest BCUT2D eigenvalue weighted by Gasteiger charge is 2.36. The maximum absolute atomic E-state index is 12.5. The third-order valence-electron chi connectivity index (χ3n) is 3.74. The van der Waals surface area contributed by atoms with E-state index in [1.165, 1.54) is 11.9 Å². The first kappa shape index (κ1) is 14.2. The van der Waals surface area contributed by atoms with Crippen molar-refractivity contribution in [1.29, 1.82) is 0 Å². The summed E-state index contributed by atoms with van der Waals surface area (Å²) in [5.74, 6) is -1.55. The minimum Gasteiger partial charge on any atom is -0.480 e. The molecule has 1 atom stereocenters. The monoisotopic (exact) mass is 279 g/mol. The molecule has 1 aromatic heterocycles. The topological polar surface area (TPSA) is 92.5 Å². The van der Waals surface area contributed by atoms with E-state index >= 15 is 0 Å². The summed E-state index contributed by atoms with van der Waals surface area (Å²) in [5, 5.41) is 13.2. The number of carboxylic acids is 1. The summed E-state index contributed by atoms with van der Waals surface area (Å²) in [4.78, 5) is 37.1. The molecule has 2 rings (SSSR count). The average Bonchev–Trinajstić information content (AvgIpc) is 2.86. The van der Waals surface area contributed by atoms with E-state index in [2.05, 4.69) is 5.10 Å². The van der Waals surface area contributed by atoms with Crippen molar-refractivity contribution in [3.63, 3.8) is 0 Å². The molecule has 1 N–H and O–H groups in total. The van der Waals surface area contributed by atoms with Gasteiger partial charge in [0.05, 0.1) is 5.69 Å². The number of hydrogen-bond donors (Lipinski definition) is 1. The Balaban J connectivity index is 2.49. The van der Waals surface area contributed by atoms with Gasteiger partial charge in [0.2, 0.25) is 0 Å². The van der Waals surface area contributed by atoms with Crippen molar-refractivity contribution in [2.75, 3.05) is 6.54 Å². The fraction of sp³-hybridized carbons (Fsp3) is 0.538. The molecule has 0 aliphatic carbocycles. The summed E-state index contributed by atoms with van der Waals surface area (Å²) in [7, 11) is 1.48. The second-order valence-electron chi connectivity index (χ2n) is 5.01. The van der Waals surface area contributed by atoms with E-state index in [-0.39, 0.29) is 5.56 Å². The van der Waals surface area contributed by atoms with E-state index in [9.17, 15) is 14.4 Å². The van der Waals surface area contributed by atoms with E-state index in [1.54, 1.807) is 13.8 Å². The molecule has 1 fully saturated rings. The van der Waals surface area contributed by atoms with Gasteiger partial charge in [0.25, 0.3) is 11.5 Å². The number of carboxylic acid groups (broad SMARTS) is 1. The molecule has 7 nitrogen and oxygen atoms in total. The Morgan fingerprint density at radius 2 is 2.00 bits per heavy atom. The third-order valence-corrected chi connectivity index (χ3v) is 3.74. The van der Waals surface area contributed by atoms with Crippen LogP contribution in [0.15, 0.2) is 4.79 Å². The van der Waals surface area contributed by atoms with Gasteiger partial charge in [0.1, 0.15) is 11.6 Å². The van der Waals surface area contributed by atoms with Crippen LogP contribution in [0.2, 0.25) is 0 Å². The molecule has 7 heteroatoms. The Kier molecular flexibility index (Phi) is 3.61. The maximum Gasteiger partial charge on any atom is 0.326 e. The summed E-state index contributed by atoms with van der Waals surface area (Å²) < 4.78 is 1.11. The fourth-order valence-electron chi connectivity index (χ4n) is 2.51. The van der Waals surface area contributed by atoms with Crippen molar-refractivity contribution >= 4 is 11.9 Å². The van der Waals surface area contributed by atoms with E-state index in [1.807, 2.05) is 0 Å². The molecule has 1 saturated heterocycles. The van der Waals surface area contributed by atoms with E-state index < -0.39 is 23.5 Å². The van der Waals surface area contributed by atoms with E-state index in [0.29, 0.717) is 30.6 Å². The summed E-state index contributed by atoms with van der Waals surface area (Å²) in [6.07, 6.45) is 1.05. The van der Waals surface area contributed by atoms with Gasteiger partial charge in [-0.25, -0.2) is 9.48 Å². The number of aromatic nitrogens is 2. The largest absolute Gasteiger partial charge is 0.480 e. The van der Waals surface area contributed by atoms with Crippen molar-refractivity contribution in [2.24, 2.45) is 7.05 Å². The molecule has 2 heterocycles. The van der Waals surface area contributed by atoms with Crippen LogP contribution in [0.4, 0.5) is 0 Å². The Morgan fingerprint density at radius 3 is 2.60 bits per heavy atom. The minimum atomic E-state index is -1.03. The Bertz CT molecular complexity index is 635. The predicted molar refractivity (Wildman–Crippen MR) is 70.6 cm³/mol. The lowest BCUT2D eigenvalue weighted by Gasteiger charge is -2.22. The van der Waals surface area contributed by atoms with Crippen LogP contribution in [0, 0.1) is 13.8 Å². The molecule has 1 amide bonds. The summed E-state index contributed by atoms with van der Waals surface area (Å²) in [6.45, 7) is 3.73. The summed E-state index contributed by atoms with van der Waals surface area (Å²) in [6, 6.07) is -0.847. The normalized spacial score (nSPS) is 18.4. The molecule has 108 valence electrons.